The van der Waals surface area contributed by atoms with Crippen molar-refractivity contribution in [1.82, 2.24) is 5.32 Å². The lowest BCUT2D eigenvalue weighted by molar-refractivity contribution is -0.140. The molecule has 0 aliphatic carbocycles. The van der Waals surface area contributed by atoms with Crippen molar-refractivity contribution >= 4 is 34.5 Å². The lowest BCUT2D eigenvalue weighted by Gasteiger charge is -2.24. The number of carbonyl (C=O) groups excluding carboxylic acids is 3. The van der Waals surface area contributed by atoms with Crippen molar-refractivity contribution in [3.8, 4) is 0 Å². The second kappa shape index (κ2) is 8.44. The van der Waals surface area contributed by atoms with E-state index in [9.17, 15) is 14.4 Å². The molecule has 1 atom stereocenters. The molecular weight excluding hydrogens is 330 g/mol. The highest BCUT2D eigenvalue weighted by Crippen LogP contribution is 2.11. The Morgan fingerprint density at radius 1 is 1.00 bits per heavy atom. The highest BCUT2D eigenvalue weighted by molar-refractivity contribution is 6.71. The van der Waals surface area contributed by atoms with Crippen molar-refractivity contribution in [1.29, 1.82) is 0 Å². The number of nitrogens with one attached hydrogen (secondary N) is 1. The summed E-state index contributed by atoms with van der Waals surface area (Å²) in [4.78, 5) is 35.8. The van der Waals surface area contributed by atoms with Gasteiger partial charge in [-0.25, -0.2) is 0 Å². The second-order valence-corrected chi connectivity index (χ2v) is 16.3. The number of carbonyl (C=O) groups is 3. The van der Waals surface area contributed by atoms with Crippen LogP contribution in [0.4, 0.5) is 0 Å². The molecule has 0 aromatic carbocycles. The van der Waals surface area contributed by atoms with Gasteiger partial charge in [-0.1, -0.05) is 6.58 Å². The predicted molar refractivity (Wildman–Crippen MR) is 94.9 cm³/mol. The smallest absolute Gasteiger partial charge is 0.315 e. The quantitative estimate of drug-likeness (QED) is 0.532. The molecule has 0 aromatic rings. The maximum Gasteiger partial charge on any atom is 0.315 e. The number of rotatable bonds is 8. The molecule has 0 rings (SSSR count). The van der Waals surface area contributed by atoms with Crippen LogP contribution in [-0.4, -0.2) is 40.5 Å². The normalized spacial score (nSPS) is 13.0. The zero-order valence-electron chi connectivity index (χ0n) is 15.2. The minimum absolute atomic E-state index is 0.0478. The molecule has 6 nitrogen and oxygen atoms in total. The van der Waals surface area contributed by atoms with Crippen LogP contribution in [0.25, 0.3) is 0 Å². The van der Waals surface area contributed by atoms with Gasteiger partial charge in [0.05, 0.1) is 0 Å². The molecule has 8 heteroatoms. The molecule has 23 heavy (non-hydrogen) atoms. The van der Waals surface area contributed by atoms with E-state index in [0.717, 1.165) is 0 Å². The topological polar surface area (TPSA) is 81.7 Å². The Kier molecular flexibility index (Phi) is 7.92. The van der Waals surface area contributed by atoms with Crippen LogP contribution < -0.4 is 5.32 Å². The maximum atomic E-state index is 12.2. The van der Waals surface area contributed by atoms with Crippen molar-refractivity contribution in [2.24, 2.45) is 0 Å². The Labute approximate surface area is 140 Å². The van der Waals surface area contributed by atoms with Gasteiger partial charge in [-0.15, -0.1) is 0 Å². The van der Waals surface area contributed by atoms with Crippen LogP contribution in [0.1, 0.15) is 19.8 Å². The number of hydrogen-bond acceptors (Lipinski definition) is 5. The molecular formula is C15H29NO5Si2. The van der Waals surface area contributed by atoms with Gasteiger partial charge in [-0.05, 0) is 52.6 Å². The van der Waals surface area contributed by atoms with E-state index in [1.165, 1.54) is 0 Å². The van der Waals surface area contributed by atoms with Gasteiger partial charge in [0.1, 0.15) is 6.04 Å². The largest absolute Gasteiger partial charge is 0.520 e. The molecule has 0 radical (unpaired) electrons. The summed E-state index contributed by atoms with van der Waals surface area (Å²) in [5.74, 6) is -1.31. The van der Waals surface area contributed by atoms with Crippen LogP contribution in [0.5, 0.6) is 0 Å². The molecule has 1 amide bonds. The lowest BCUT2D eigenvalue weighted by atomic mass is 10.1. The van der Waals surface area contributed by atoms with Gasteiger partial charge >= 0.3 is 5.97 Å². The van der Waals surface area contributed by atoms with Gasteiger partial charge in [0.15, 0.2) is 0 Å². The molecule has 0 aromatic heterocycles. The maximum absolute atomic E-state index is 12.2. The highest BCUT2D eigenvalue weighted by atomic mass is 28.4. The van der Waals surface area contributed by atoms with E-state index in [-0.39, 0.29) is 18.8 Å². The van der Waals surface area contributed by atoms with E-state index in [0.29, 0.717) is 5.57 Å². The highest BCUT2D eigenvalue weighted by Gasteiger charge is 2.29. The molecule has 0 heterocycles. The number of hydrogen-bond donors (Lipinski definition) is 1. The molecule has 0 saturated heterocycles. The standard InChI is InChI=1S/C15H29NO5Si2/c1-11(2)14(18)16-12(15(19)21-23(6,7)8)9-10-13(17)20-22(3,4)5/h12H,1,9-10H2,2-8H3,(H,16,18). The predicted octanol–water partition coefficient (Wildman–Crippen LogP) is 2.58. The van der Waals surface area contributed by atoms with Crippen LogP contribution in [0, 0.1) is 0 Å². The fourth-order valence-corrected chi connectivity index (χ4v) is 3.09. The van der Waals surface area contributed by atoms with E-state index >= 15 is 0 Å². The Morgan fingerprint density at radius 2 is 1.48 bits per heavy atom. The second-order valence-electron chi connectivity index (χ2n) is 7.46. The Bertz CT molecular complexity index is 477. The monoisotopic (exact) mass is 359 g/mol. The molecule has 0 aliphatic rings. The van der Waals surface area contributed by atoms with Crippen molar-refractivity contribution in [3.05, 3.63) is 12.2 Å². The molecule has 0 aliphatic heterocycles. The summed E-state index contributed by atoms with van der Waals surface area (Å²) in [5.41, 5.74) is 0.292. The van der Waals surface area contributed by atoms with Crippen molar-refractivity contribution in [2.75, 3.05) is 0 Å². The Morgan fingerprint density at radius 3 is 1.87 bits per heavy atom. The summed E-state index contributed by atoms with van der Waals surface area (Å²) < 4.78 is 10.8. The molecule has 0 saturated carbocycles. The average molecular weight is 360 g/mol. The molecule has 0 fully saturated rings. The third-order valence-electron chi connectivity index (χ3n) is 2.44. The summed E-state index contributed by atoms with van der Waals surface area (Å²) in [6, 6.07) is -0.875. The van der Waals surface area contributed by atoms with Gasteiger partial charge in [-0.3, -0.25) is 14.4 Å². The third-order valence-corrected chi connectivity index (χ3v) is 4.09. The molecule has 132 valence electrons. The molecule has 0 spiro atoms. The fourth-order valence-electron chi connectivity index (χ4n) is 1.56. The van der Waals surface area contributed by atoms with Crippen molar-refractivity contribution in [2.45, 2.75) is 65.1 Å². The first-order valence-corrected chi connectivity index (χ1v) is 14.4. The molecule has 0 bridgehead atoms. The first kappa shape index (κ1) is 21.6. The summed E-state index contributed by atoms with van der Waals surface area (Å²) in [7, 11) is -4.06. The van der Waals surface area contributed by atoms with E-state index in [1.807, 2.05) is 39.3 Å². The van der Waals surface area contributed by atoms with Crippen LogP contribution in [0.3, 0.4) is 0 Å². The van der Waals surface area contributed by atoms with E-state index in [1.54, 1.807) is 6.92 Å². The molecule has 1 unspecified atom stereocenters. The minimum atomic E-state index is -2.09. The van der Waals surface area contributed by atoms with Gasteiger partial charge in [-0.2, -0.15) is 0 Å². The number of amides is 1. The van der Waals surface area contributed by atoms with E-state index in [2.05, 4.69) is 11.9 Å². The summed E-state index contributed by atoms with van der Waals surface area (Å²) in [6.45, 7) is 16.4. The van der Waals surface area contributed by atoms with E-state index in [4.69, 9.17) is 8.85 Å². The summed E-state index contributed by atoms with van der Waals surface area (Å²) in [6.07, 6.45) is 0.192. The van der Waals surface area contributed by atoms with Gasteiger partial charge in [0, 0.05) is 12.0 Å². The first-order chi connectivity index (χ1) is 10.2. The van der Waals surface area contributed by atoms with Crippen LogP contribution >= 0.6 is 0 Å². The SMILES string of the molecule is C=C(C)C(=O)NC(CCC(=O)O[Si](C)(C)C)C(=O)O[Si](C)(C)C. The first-order valence-electron chi connectivity index (χ1n) is 7.62. The van der Waals surface area contributed by atoms with E-state index < -0.39 is 34.6 Å². The third kappa shape index (κ3) is 10.9. The fraction of sp³-hybridized carbons (Fsp3) is 0.667. The minimum Gasteiger partial charge on any atom is -0.520 e. The zero-order chi connectivity index (χ0) is 18.4. The average Bonchev–Trinajstić information content (AvgIpc) is 2.29. The van der Waals surface area contributed by atoms with Crippen LogP contribution in [0.15, 0.2) is 12.2 Å². The van der Waals surface area contributed by atoms with Gasteiger partial charge in [0.25, 0.3) is 5.97 Å². The zero-order valence-corrected chi connectivity index (χ0v) is 17.2. The van der Waals surface area contributed by atoms with Gasteiger partial charge < -0.3 is 14.2 Å². The van der Waals surface area contributed by atoms with Crippen LogP contribution in [-0.2, 0) is 23.2 Å². The van der Waals surface area contributed by atoms with Crippen molar-refractivity contribution in [3.63, 3.8) is 0 Å². The summed E-state index contributed by atoms with van der Waals surface area (Å²) in [5, 5.41) is 2.57. The lowest BCUT2D eigenvalue weighted by Crippen LogP contribution is -2.46. The van der Waals surface area contributed by atoms with Crippen molar-refractivity contribution < 1.29 is 23.2 Å². The Hall–Kier alpha value is -1.42. The van der Waals surface area contributed by atoms with Gasteiger partial charge in [0.2, 0.25) is 22.5 Å². The molecule has 1 N–H and O–H groups in total. The Balaban J connectivity index is 4.85. The van der Waals surface area contributed by atoms with Crippen LogP contribution in [0.2, 0.25) is 39.3 Å². The summed E-state index contributed by atoms with van der Waals surface area (Å²) >= 11 is 0.